The molecule has 5 rings (SSSR count). The van der Waals surface area contributed by atoms with E-state index in [1.54, 1.807) is 7.11 Å². The van der Waals surface area contributed by atoms with Gasteiger partial charge in [0.2, 0.25) is 0 Å². The minimum absolute atomic E-state index is 0.190. The van der Waals surface area contributed by atoms with Crippen molar-refractivity contribution in [1.29, 1.82) is 0 Å². The fourth-order valence-corrected chi connectivity index (χ4v) is 4.62. The van der Waals surface area contributed by atoms with Gasteiger partial charge in [-0.05, 0) is 60.8 Å². The lowest BCUT2D eigenvalue weighted by Crippen LogP contribution is -2.26. The highest BCUT2D eigenvalue weighted by molar-refractivity contribution is 5.84. The monoisotopic (exact) mass is 412 g/mol. The first-order valence-electron chi connectivity index (χ1n) is 11.0. The van der Waals surface area contributed by atoms with Gasteiger partial charge in [0.25, 0.3) is 0 Å². The molecule has 4 aromatic rings. The van der Waals surface area contributed by atoms with E-state index in [1.807, 2.05) is 18.2 Å². The van der Waals surface area contributed by atoms with Gasteiger partial charge in [0, 0.05) is 17.1 Å². The van der Waals surface area contributed by atoms with E-state index in [4.69, 9.17) is 9.47 Å². The van der Waals surface area contributed by atoms with E-state index in [1.165, 1.54) is 34.9 Å². The lowest BCUT2D eigenvalue weighted by molar-refractivity contribution is 0.275. The third-order valence-electron chi connectivity index (χ3n) is 6.16. The largest absolute Gasteiger partial charge is 0.493 e. The Bertz CT molecular complexity index is 1150. The molecule has 0 aliphatic carbocycles. The molecule has 158 valence electrons. The number of methoxy groups -OCH3 is 1. The van der Waals surface area contributed by atoms with Crippen LogP contribution >= 0.6 is 0 Å². The van der Waals surface area contributed by atoms with Crippen LogP contribution in [0.1, 0.15) is 35.6 Å². The molecule has 4 heteroatoms. The highest BCUT2D eigenvalue weighted by Crippen LogP contribution is 2.39. The molecule has 0 radical (unpaired) electrons. The van der Waals surface area contributed by atoms with Crippen LogP contribution in [0, 0.1) is 0 Å². The molecule has 1 unspecified atom stereocenters. The van der Waals surface area contributed by atoms with Gasteiger partial charge in [-0.2, -0.15) is 0 Å². The van der Waals surface area contributed by atoms with Crippen LogP contribution in [-0.4, -0.2) is 30.1 Å². The van der Waals surface area contributed by atoms with Gasteiger partial charge in [0.1, 0.15) is 6.61 Å². The van der Waals surface area contributed by atoms with Gasteiger partial charge in [-0.1, -0.05) is 54.6 Å². The molecule has 0 spiro atoms. The maximum absolute atomic E-state index is 6.09. The highest BCUT2D eigenvalue weighted by Gasteiger charge is 2.28. The first-order valence-corrected chi connectivity index (χ1v) is 11.0. The van der Waals surface area contributed by atoms with Crippen LogP contribution in [0.3, 0.4) is 0 Å². The quantitative estimate of drug-likeness (QED) is 0.408. The Morgan fingerprint density at radius 2 is 1.68 bits per heavy atom. The lowest BCUT2D eigenvalue weighted by Gasteiger charge is -2.28. The number of likely N-dealkylation sites (tertiary alicyclic amines) is 1. The van der Waals surface area contributed by atoms with Crippen LogP contribution in [0.15, 0.2) is 79.0 Å². The number of ether oxygens (including phenoxy) is 2. The molecule has 31 heavy (non-hydrogen) atoms. The Morgan fingerprint density at radius 3 is 2.48 bits per heavy atom. The Kier molecular flexibility index (Phi) is 5.63. The minimum atomic E-state index is 0.190. The third kappa shape index (κ3) is 4.04. The van der Waals surface area contributed by atoms with Crippen molar-refractivity contribution in [3.63, 3.8) is 0 Å². The predicted octanol–water partition coefficient (Wildman–Crippen LogP) is 5.94. The second-order valence-electron chi connectivity index (χ2n) is 8.12. The van der Waals surface area contributed by atoms with Gasteiger partial charge in [-0.3, -0.25) is 4.90 Å². The number of hydrogen-bond acceptors (Lipinski definition) is 3. The fourth-order valence-electron chi connectivity index (χ4n) is 4.62. The van der Waals surface area contributed by atoms with Crippen LogP contribution in [0.2, 0.25) is 0 Å². The number of aromatic amines is 1. The van der Waals surface area contributed by atoms with Gasteiger partial charge in [0.15, 0.2) is 11.5 Å². The van der Waals surface area contributed by atoms with Crippen LogP contribution < -0.4 is 9.47 Å². The van der Waals surface area contributed by atoms with E-state index < -0.39 is 0 Å². The normalized spacial score (nSPS) is 15.3. The standard InChI is InChI=1S/C27H28N2O2/c1-30-26-17-21(13-14-25(26)31-19-20-9-3-2-4-10-20)27(29-15-7-8-16-29)23-18-28-24-12-6-5-11-22(23)24/h2-6,9-14,17-18,27-28H,7-8,15-16,19H2,1H3. The molecule has 1 saturated heterocycles. The maximum atomic E-state index is 6.09. The summed E-state index contributed by atoms with van der Waals surface area (Å²) in [7, 11) is 1.71. The number of fused-ring (bicyclic) bond motifs is 1. The number of rotatable bonds is 7. The zero-order chi connectivity index (χ0) is 21.0. The number of hydrogen-bond donors (Lipinski definition) is 1. The average molecular weight is 413 g/mol. The molecule has 1 atom stereocenters. The number of aromatic nitrogens is 1. The molecule has 1 N–H and O–H groups in total. The molecule has 1 aliphatic rings. The number of benzene rings is 3. The van der Waals surface area contributed by atoms with E-state index in [0.717, 1.165) is 30.2 Å². The Balaban J connectivity index is 1.49. The molecule has 3 aromatic carbocycles. The maximum Gasteiger partial charge on any atom is 0.161 e. The summed E-state index contributed by atoms with van der Waals surface area (Å²) in [4.78, 5) is 6.04. The Morgan fingerprint density at radius 1 is 0.903 bits per heavy atom. The molecule has 0 bridgehead atoms. The van der Waals surface area contributed by atoms with Gasteiger partial charge >= 0.3 is 0 Å². The molecule has 2 heterocycles. The lowest BCUT2D eigenvalue weighted by atomic mass is 9.96. The number of nitrogens with one attached hydrogen (secondary N) is 1. The summed E-state index contributed by atoms with van der Waals surface area (Å²) in [6.07, 6.45) is 4.66. The molecule has 0 amide bonds. The van der Waals surface area contributed by atoms with E-state index in [9.17, 15) is 0 Å². The Labute approximate surface area is 183 Å². The smallest absolute Gasteiger partial charge is 0.161 e. The van der Waals surface area contributed by atoms with Crippen molar-refractivity contribution in [2.45, 2.75) is 25.5 Å². The predicted molar refractivity (Wildman–Crippen MR) is 125 cm³/mol. The summed E-state index contributed by atoms with van der Waals surface area (Å²) in [5.41, 5.74) is 4.87. The van der Waals surface area contributed by atoms with Crippen molar-refractivity contribution in [3.8, 4) is 11.5 Å². The summed E-state index contributed by atoms with van der Waals surface area (Å²) in [5.74, 6) is 1.55. The van der Waals surface area contributed by atoms with Crippen LogP contribution in [0.25, 0.3) is 10.9 Å². The van der Waals surface area contributed by atoms with Gasteiger partial charge < -0.3 is 14.5 Å². The van der Waals surface area contributed by atoms with Crippen molar-refractivity contribution in [2.24, 2.45) is 0 Å². The molecule has 1 aliphatic heterocycles. The summed E-state index contributed by atoms with van der Waals surface area (Å²) in [5, 5.41) is 1.28. The average Bonchev–Trinajstić information content (AvgIpc) is 3.50. The van der Waals surface area contributed by atoms with Gasteiger partial charge in [-0.15, -0.1) is 0 Å². The van der Waals surface area contributed by atoms with Crippen LogP contribution in [0.4, 0.5) is 0 Å². The van der Waals surface area contributed by atoms with E-state index in [0.29, 0.717) is 6.61 Å². The van der Waals surface area contributed by atoms with Crippen molar-refractivity contribution in [1.82, 2.24) is 9.88 Å². The van der Waals surface area contributed by atoms with E-state index >= 15 is 0 Å². The van der Waals surface area contributed by atoms with E-state index in [-0.39, 0.29) is 6.04 Å². The first-order chi connectivity index (χ1) is 15.3. The van der Waals surface area contributed by atoms with Gasteiger partial charge in [-0.25, -0.2) is 0 Å². The first kappa shape index (κ1) is 19.7. The van der Waals surface area contributed by atoms with E-state index in [2.05, 4.69) is 70.7 Å². The summed E-state index contributed by atoms with van der Waals surface area (Å²) in [6.45, 7) is 2.74. The van der Waals surface area contributed by atoms with Gasteiger partial charge in [0.05, 0.1) is 13.2 Å². The van der Waals surface area contributed by atoms with Crippen molar-refractivity contribution in [2.75, 3.05) is 20.2 Å². The SMILES string of the molecule is COc1cc(C(c2c[nH]c3ccccc23)N2CCCC2)ccc1OCc1ccccc1. The summed E-state index contributed by atoms with van der Waals surface area (Å²) in [6, 6.07) is 25.3. The number of nitrogens with zero attached hydrogens (tertiary/aromatic N) is 1. The number of para-hydroxylation sites is 1. The molecule has 4 nitrogen and oxygen atoms in total. The molecule has 1 aromatic heterocycles. The fraction of sp³-hybridized carbons (Fsp3) is 0.259. The Hall–Kier alpha value is -3.24. The number of H-pyrrole nitrogens is 1. The second-order valence-corrected chi connectivity index (χ2v) is 8.12. The van der Waals surface area contributed by atoms with Crippen molar-refractivity contribution in [3.05, 3.63) is 95.7 Å². The summed E-state index contributed by atoms with van der Waals surface area (Å²) >= 11 is 0. The highest BCUT2D eigenvalue weighted by atomic mass is 16.5. The van der Waals surface area contributed by atoms with Crippen molar-refractivity contribution >= 4 is 10.9 Å². The van der Waals surface area contributed by atoms with Crippen LogP contribution in [-0.2, 0) is 6.61 Å². The molecular weight excluding hydrogens is 384 g/mol. The van der Waals surface area contributed by atoms with Crippen molar-refractivity contribution < 1.29 is 9.47 Å². The second kappa shape index (κ2) is 8.86. The topological polar surface area (TPSA) is 37.5 Å². The zero-order valence-electron chi connectivity index (χ0n) is 17.9. The summed E-state index contributed by atoms with van der Waals surface area (Å²) < 4.78 is 11.8. The van der Waals surface area contributed by atoms with Crippen LogP contribution in [0.5, 0.6) is 11.5 Å². The zero-order valence-corrected chi connectivity index (χ0v) is 17.9. The molecular formula is C27H28N2O2. The third-order valence-corrected chi connectivity index (χ3v) is 6.16. The molecule has 1 fully saturated rings. The molecule has 0 saturated carbocycles. The minimum Gasteiger partial charge on any atom is -0.493 e.